The van der Waals surface area contributed by atoms with Gasteiger partial charge in [-0.1, -0.05) is 5.16 Å². The Hall–Kier alpha value is -0.980. The molecule has 0 aliphatic carbocycles. The first kappa shape index (κ1) is 13.5. The molecule has 2 rings (SSSR count). The molecular weight excluding hydrogens is 232 g/mol. The van der Waals surface area contributed by atoms with Crippen LogP contribution in [0.4, 0.5) is 0 Å². The van der Waals surface area contributed by atoms with Gasteiger partial charge in [0.15, 0.2) is 5.82 Å². The van der Waals surface area contributed by atoms with Crippen molar-refractivity contribution in [2.45, 2.75) is 25.8 Å². The van der Waals surface area contributed by atoms with Gasteiger partial charge in [-0.25, -0.2) is 0 Å². The highest BCUT2D eigenvalue weighted by Gasteiger charge is 2.34. The summed E-state index contributed by atoms with van der Waals surface area (Å²) in [6.45, 7) is 8.93. The van der Waals surface area contributed by atoms with E-state index in [1.165, 1.54) is 0 Å². The van der Waals surface area contributed by atoms with Crippen LogP contribution < -0.4 is 5.32 Å². The highest BCUT2D eigenvalue weighted by molar-refractivity contribution is 5.03. The molecule has 1 N–H and O–H groups in total. The first-order chi connectivity index (χ1) is 8.64. The first-order valence-corrected chi connectivity index (χ1v) is 6.42. The fourth-order valence-electron chi connectivity index (χ4n) is 2.16. The third-order valence-electron chi connectivity index (χ3n) is 3.44. The number of nitrogens with one attached hydrogen (secondary N) is 1. The number of ether oxygens (including phenoxy) is 1. The van der Waals surface area contributed by atoms with Gasteiger partial charge in [0.25, 0.3) is 0 Å². The summed E-state index contributed by atoms with van der Waals surface area (Å²) in [6, 6.07) is 0. The third-order valence-corrected chi connectivity index (χ3v) is 3.44. The van der Waals surface area contributed by atoms with Gasteiger partial charge in [0.1, 0.15) is 0 Å². The molecule has 0 radical (unpaired) electrons. The standard InChI is InChI=1S/C12H22N4O2/c1-12(2,16-7-5-13-6-8-16)11-14-10(18-15-11)4-9-17-3/h13H,4-9H2,1-3H3. The minimum absolute atomic E-state index is 0.184. The number of piperazine rings is 1. The van der Waals surface area contributed by atoms with Gasteiger partial charge in [-0.15, -0.1) is 0 Å². The summed E-state index contributed by atoms with van der Waals surface area (Å²) in [7, 11) is 1.67. The van der Waals surface area contributed by atoms with E-state index in [0.29, 0.717) is 18.9 Å². The fraction of sp³-hybridized carbons (Fsp3) is 0.833. The van der Waals surface area contributed by atoms with Crippen LogP contribution in [0.2, 0.25) is 0 Å². The molecule has 1 aliphatic rings. The molecule has 0 spiro atoms. The van der Waals surface area contributed by atoms with Crippen LogP contribution in [0, 0.1) is 0 Å². The first-order valence-electron chi connectivity index (χ1n) is 6.42. The Morgan fingerprint density at radius 2 is 2.11 bits per heavy atom. The third kappa shape index (κ3) is 2.88. The van der Waals surface area contributed by atoms with Gasteiger partial charge in [-0.05, 0) is 13.8 Å². The lowest BCUT2D eigenvalue weighted by Crippen LogP contribution is -2.52. The molecule has 1 aromatic heterocycles. The van der Waals surface area contributed by atoms with Crippen LogP contribution in [-0.4, -0.2) is 54.9 Å². The number of hydrogen-bond acceptors (Lipinski definition) is 6. The Kier molecular flexibility index (Phi) is 4.31. The van der Waals surface area contributed by atoms with E-state index in [4.69, 9.17) is 9.26 Å². The summed E-state index contributed by atoms with van der Waals surface area (Å²) in [5, 5.41) is 7.46. The number of nitrogens with zero attached hydrogens (tertiary/aromatic N) is 3. The molecule has 1 aromatic rings. The second-order valence-electron chi connectivity index (χ2n) is 5.05. The van der Waals surface area contributed by atoms with Crippen molar-refractivity contribution in [3.63, 3.8) is 0 Å². The van der Waals surface area contributed by atoms with Crippen molar-refractivity contribution in [2.24, 2.45) is 0 Å². The molecule has 1 aliphatic heterocycles. The van der Waals surface area contributed by atoms with Gasteiger partial charge in [0.2, 0.25) is 5.89 Å². The van der Waals surface area contributed by atoms with Gasteiger partial charge in [-0.2, -0.15) is 4.98 Å². The van der Waals surface area contributed by atoms with E-state index < -0.39 is 0 Å². The molecule has 0 bridgehead atoms. The molecule has 2 heterocycles. The molecule has 0 saturated carbocycles. The molecule has 18 heavy (non-hydrogen) atoms. The zero-order valence-electron chi connectivity index (χ0n) is 11.4. The SMILES string of the molecule is COCCc1nc(C(C)(C)N2CCNCC2)no1. The van der Waals surface area contributed by atoms with Crippen LogP contribution in [-0.2, 0) is 16.7 Å². The number of rotatable bonds is 5. The Morgan fingerprint density at radius 1 is 1.39 bits per heavy atom. The van der Waals surface area contributed by atoms with Crippen LogP contribution in [0.5, 0.6) is 0 Å². The summed E-state index contributed by atoms with van der Waals surface area (Å²) in [6.07, 6.45) is 0.668. The predicted octanol–water partition coefficient (Wildman–Crippen LogP) is 0.399. The van der Waals surface area contributed by atoms with Crippen molar-refractivity contribution in [3.05, 3.63) is 11.7 Å². The number of methoxy groups -OCH3 is 1. The highest BCUT2D eigenvalue weighted by Crippen LogP contribution is 2.25. The fourth-order valence-corrected chi connectivity index (χ4v) is 2.16. The average Bonchev–Trinajstić information content (AvgIpc) is 2.87. The minimum Gasteiger partial charge on any atom is -0.384 e. The number of aromatic nitrogens is 2. The Labute approximate surface area is 108 Å². The lowest BCUT2D eigenvalue weighted by atomic mass is 10.0. The van der Waals surface area contributed by atoms with E-state index in [1.807, 2.05) is 0 Å². The highest BCUT2D eigenvalue weighted by atomic mass is 16.5. The molecule has 0 unspecified atom stereocenters. The van der Waals surface area contributed by atoms with Crippen LogP contribution in [0.15, 0.2) is 4.52 Å². The van der Waals surface area contributed by atoms with Crippen LogP contribution in [0.25, 0.3) is 0 Å². The molecular formula is C12H22N4O2. The Balaban J connectivity index is 2.05. The molecule has 0 amide bonds. The summed E-state index contributed by atoms with van der Waals surface area (Å²) in [4.78, 5) is 6.86. The van der Waals surface area contributed by atoms with E-state index in [1.54, 1.807) is 7.11 Å². The average molecular weight is 254 g/mol. The lowest BCUT2D eigenvalue weighted by Gasteiger charge is -2.38. The van der Waals surface area contributed by atoms with Crippen molar-refractivity contribution in [2.75, 3.05) is 39.9 Å². The molecule has 6 heteroatoms. The maximum atomic E-state index is 5.26. The normalized spacial score (nSPS) is 18.2. The van der Waals surface area contributed by atoms with Gasteiger partial charge in [0, 0.05) is 33.3 Å². The van der Waals surface area contributed by atoms with Gasteiger partial charge < -0.3 is 14.6 Å². The van der Waals surface area contributed by atoms with E-state index in [2.05, 4.69) is 34.2 Å². The largest absolute Gasteiger partial charge is 0.384 e. The van der Waals surface area contributed by atoms with E-state index in [-0.39, 0.29) is 5.54 Å². The van der Waals surface area contributed by atoms with E-state index >= 15 is 0 Å². The van der Waals surface area contributed by atoms with Gasteiger partial charge >= 0.3 is 0 Å². The molecule has 1 fully saturated rings. The van der Waals surface area contributed by atoms with Crippen LogP contribution >= 0.6 is 0 Å². The molecule has 0 atom stereocenters. The van der Waals surface area contributed by atoms with Crippen molar-refractivity contribution in [3.8, 4) is 0 Å². The smallest absolute Gasteiger partial charge is 0.229 e. The second kappa shape index (κ2) is 5.77. The number of hydrogen-bond donors (Lipinski definition) is 1. The topological polar surface area (TPSA) is 63.4 Å². The zero-order chi connectivity index (χ0) is 13.0. The maximum absolute atomic E-state index is 5.26. The Morgan fingerprint density at radius 3 is 2.78 bits per heavy atom. The van der Waals surface area contributed by atoms with Crippen molar-refractivity contribution < 1.29 is 9.26 Å². The second-order valence-corrected chi connectivity index (χ2v) is 5.05. The summed E-state index contributed by atoms with van der Waals surface area (Å²) in [5.41, 5.74) is -0.184. The van der Waals surface area contributed by atoms with E-state index in [0.717, 1.165) is 32.0 Å². The maximum Gasteiger partial charge on any atom is 0.229 e. The van der Waals surface area contributed by atoms with Gasteiger partial charge in [0.05, 0.1) is 18.6 Å². The van der Waals surface area contributed by atoms with Gasteiger partial charge in [-0.3, -0.25) is 4.90 Å². The molecule has 6 nitrogen and oxygen atoms in total. The molecule has 0 aromatic carbocycles. The zero-order valence-corrected chi connectivity index (χ0v) is 11.4. The predicted molar refractivity (Wildman–Crippen MR) is 67.3 cm³/mol. The Bertz CT molecular complexity index is 372. The van der Waals surface area contributed by atoms with Crippen molar-refractivity contribution in [1.29, 1.82) is 0 Å². The van der Waals surface area contributed by atoms with Crippen LogP contribution in [0.3, 0.4) is 0 Å². The quantitative estimate of drug-likeness (QED) is 0.820. The summed E-state index contributed by atoms with van der Waals surface area (Å²) < 4.78 is 10.3. The van der Waals surface area contributed by atoms with Crippen LogP contribution in [0.1, 0.15) is 25.6 Å². The van der Waals surface area contributed by atoms with Crippen molar-refractivity contribution in [1.82, 2.24) is 20.4 Å². The van der Waals surface area contributed by atoms with Crippen molar-refractivity contribution >= 4 is 0 Å². The summed E-state index contributed by atoms with van der Waals surface area (Å²) >= 11 is 0. The molecule has 102 valence electrons. The monoisotopic (exact) mass is 254 g/mol. The lowest BCUT2D eigenvalue weighted by molar-refractivity contribution is 0.0924. The minimum atomic E-state index is -0.184. The van der Waals surface area contributed by atoms with E-state index in [9.17, 15) is 0 Å². The molecule has 1 saturated heterocycles. The summed E-state index contributed by atoms with van der Waals surface area (Å²) in [5.74, 6) is 1.41.